The minimum absolute atomic E-state index is 0.0176. The number of thioether (sulfide) groups is 1. The van der Waals surface area contributed by atoms with Gasteiger partial charge in [-0.2, -0.15) is 4.99 Å². The Hall–Kier alpha value is -1.53. The van der Waals surface area contributed by atoms with E-state index in [1.807, 2.05) is 35.2 Å². The molecule has 0 spiro atoms. The van der Waals surface area contributed by atoms with E-state index >= 15 is 0 Å². The average Bonchev–Trinajstić information content (AvgIpc) is 2.82. The molecule has 1 unspecified atom stereocenters. The van der Waals surface area contributed by atoms with Gasteiger partial charge in [0.2, 0.25) is 0 Å². The van der Waals surface area contributed by atoms with Crippen molar-refractivity contribution in [3.8, 4) is 0 Å². The lowest BCUT2D eigenvalue weighted by Crippen LogP contribution is -2.36. The number of amidine groups is 1. The summed E-state index contributed by atoms with van der Waals surface area (Å²) in [5, 5.41) is 10.00. The standard InChI is InChI=1S/C13H16N2O3S/c1-2-18-13(17)14-12-15(11(8-16)9-19-12)10-6-4-3-5-7-10/h3-7,11,16H,2,8-9H2,1H3/b14-12-. The Morgan fingerprint density at radius 1 is 1.53 bits per heavy atom. The highest BCUT2D eigenvalue weighted by Crippen LogP contribution is 2.30. The van der Waals surface area contributed by atoms with E-state index in [9.17, 15) is 9.90 Å². The first-order chi connectivity index (χ1) is 9.26. The highest BCUT2D eigenvalue weighted by atomic mass is 32.2. The molecule has 1 aromatic rings. The van der Waals surface area contributed by atoms with Crippen molar-refractivity contribution in [3.05, 3.63) is 30.3 Å². The van der Waals surface area contributed by atoms with Crippen molar-refractivity contribution >= 4 is 28.7 Å². The molecule has 1 N–H and O–H groups in total. The molecule has 1 aliphatic heterocycles. The molecule has 102 valence electrons. The van der Waals surface area contributed by atoms with Gasteiger partial charge in [-0.15, -0.1) is 0 Å². The third-order valence-corrected chi connectivity index (χ3v) is 3.77. The van der Waals surface area contributed by atoms with Crippen LogP contribution in [0.25, 0.3) is 0 Å². The van der Waals surface area contributed by atoms with E-state index in [2.05, 4.69) is 4.99 Å². The van der Waals surface area contributed by atoms with Crippen LogP contribution in [0.15, 0.2) is 35.3 Å². The van der Waals surface area contributed by atoms with Crippen LogP contribution < -0.4 is 4.90 Å². The first-order valence-electron chi connectivity index (χ1n) is 6.09. The lowest BCUT2D eigenvalue weighted by molar-refractivity contribution is 0.163. The summed E-state index contributed by atoms with van der Waals surface area (Å²) in [7, 11) is 0. The summed E-state index contributed by atoms with van der Waals surface area (Å²) in [6, 6.07) is 9.53. The molecule has 1 aromatic carbocycles. The van der Waals surface area contributed by atoms with Crippen LogP contribution in [0.4, 0.5) is 10.5 Å². The second-order valence-electron chi connectivity index (χ2n) is 3.95. The van der Waals surface area contributed by atoms with Gasteiger partial charge in [-0.1, -0.05) is 30.0 Å². The Morgan fingerprint density at radius 3 is 2.89 bits per heavy atom. The van der Waals surface area contributed by atoms with E-state index < -0.39 is 6.09 Å². The summed E-state index contributed by atoms with van der Waals surface area (Å²) in [4.78, 5) is 17.3. The van der Waals surface area contributed by atoms with Gasteiger partial charge in [-0.05, 0) is 19.1 Å². The fraction of sp³-hybridized carbons (Fsp3) is 0.385. The molecule has 2 rings (SSSR count). The fourth-order valence-corrected chi connectivity index (χ4v) is 2.96. The number of aliphatic hydroxyl groups excluding tert-OH is 1. The smallest absolute Gasteiger partial charge is 0.436 e. The monoisotopic (exact) mass is 280 g/mol. The topological polar surface area (TPSA) is 62.1 Å². The number of amides is 1. The summed E-state index contributed by atoms with van der Waals surface area (Å²) < 4.78 is 4.83. The molecule has 1 heterocycles. The normalized spacial score (nSPS) is 20.8. The molecule has 1 aliphatic rings. The Bertz CT molecular complexity index is 464. The van der Waals surface area contributed by atoms with Gasteiger partial charge in [0.25, 0.3) is 0 Å². The van der Waals surface area contributed by atoms with Gasteiger partial charge in [0, 0.05) is 11.4 Å². The quantitative estimate of drug-likeness (QED) is 0.919. The minimum atomic E-state index is -0.593. The highest BCUT2D eigenvalue weighted by Gasteiger charge is 2.31. The van der Waals surface area contributed by atoms with Crippen LogP contribution in [0.5, 0.6) is 0 Å². The summed E-state index contributed by atoms with van der Waals surface area (Å²) in [5.41, 5.74) is 0.912. The molecule has 5 nitrogen and oxygen atoms in total. The molecule has 0 aromatic heterocycles. The third kappa shape index (κ3) is 3.27. The number of carbonyl (C=O) groups excluding carboxylic acids is 1. The first-order valence-corrected chi connectivity index (χ1v) is 7.08. The van der Waals surface area contributed by atoms with Gasteiger partial charge in [0.1, 0.15) is 0 Å². The number of aliphatic hydroxyl groups is 1. The lowest BCUT2D eigenvalue weighted by atomic mass is 10.2. The van der Waals surface area contributed by atoms with Crippen LogP contribution in [-0.4, -0.2) is 41.4 Å². The predicted octanol–water partition coefficient (Wildman–Crippen LogP) is 2.11. The van der Waals surface area contributed by atoms with E-state index in [1.54, 1.807) is 6.92 Å². The van der Waals surface area contributed by atoms with Gasteiger partial charge in [-0.25, -0.2) is 4.79 Å². The summed E-state index contributed by atoms with van der Waals surface area (Å²) >= 11 is 1.45. The zero-order valence-corrected chi connectivity index (χ0v) is 11.5. The van der Waals surface area contributed by atoms with Crippen molar-refractivity contribution in [2.24, 2.45) is 4.99 Å². The summed E-state index contributed by atoms with van der Waals surface area (Å²) in [5.74, 6) is 0.698. The second-order valence-corrected chi connectivity index (χ2v) is 4.93. The number of hydrogen-bond acceptors (Lipinski definition) is 4. The molecular weight excluding hydrogens is 264 g/mol. The Kier molecular flexibility index (Phi) is 4.81. The minimum Gasteiger partial charge on any atom is -0.448 e. The SMILES string of the molecule is CCOC(=O)/N=C1\SCC(CO)N1c1ccccc1. The van der Waals surface area contributed by atoms with Crippen molar-refractivity contribution < 1.29 is 14.6 Å². The van der Waals surface area contributed by atoms with Crippen molar-refractivity contribution in [2.75, 3.05) is 23.9 Å². The Morgan fingerprint density at radius 2 is 2.26 bits per heavy atom. The zero-order valence-electron chi connectivity index (χ0n) is 10.7. The van der Waals surface area contributed by atoms with E-state index in [-0.39, 0.29) is 12.6 Å². The molecule has 0 aliphatic carbocycles. The number of nitrogens with zero attached hydrogens (tertiary/aromatic N) is 2. The van der Waals surface area contributed by atoms with Gasteiger partial charge >= 0.3 is 6.09 Å². The number of rotatable bonds is 3. The van der Waals surface area contributed by atoms with Crippen LogP contribution in [-0.2, 0) is 4.74 Å². The van der Waals surface area contributed by atoms with E-state index in [1.165, 1.54) is 11.8 Å². The van der Waals surface area contributed by atoms with E-state index in [4.69, 9.17) is 4.74 Å². The van der Waals surface area contributed by atoms with Gasteiger partial charge < -0.3 is 14.7 Å². The Labute approximate surface area is 116 Å². The van der Waals surface area contributed by atoms with Gasteiger partial charge in [-0.3, -0.25) is 0 Å². The highest BCUT2D eigenvalue weighted by molar-refractivity contribution is 8.14. The summed E-state index contributed by atoms with van der Waals surface area (Å²) in [6.07, 6.45) is -0.593. The predicted molar refractivity (Wildman–Crippen MR) is 76.7 cm³/mol. The molecule has 6 heteroatoms. The first kappa shape index (κ1) is 13.9. The van der Waals surface area contributed by atoms with Crippen LogP contribution in [0.1, 0.15) is 6.92 Å². The van der Waals surface area contributed by atoms with E-state index in [0.29, 0.717) is 17.5 Å². The van der Waals surface area contributed by atoms with Crippen LogP contribution in [0.3, 0.4) is 0 Å². The van der Waals surface area contributed by atoms with Crippen molar-refractivity contribution in [2.45, 2.75) is 13.0 Å². The van der Waals surface area contributed by atoms with Gasteiger partial charge in [0.15, 0.2) is 5.17 Å². The van der Waals surface area contributed by atoms with Gasteiger partial charge in [0.05, 0.1) is 19.3 Å². The third-order valence-electron chi connectivity index (χ3n) is 2.68. The Balaban J connectivity index is 2.26. The maximum atomic E-state index is 11.5. The number of para-hydroxylation sites is 1. The number of anilines is 1. The number of ether oxygens (including phenoxy) is 1. The number of aliphatic imine (C=N–C) groups is 1. The molecular formula is C13H16N2O3S. The molecule has 1 atom stereocenters. The van der Waals surface area contributed by atoms with Crippen LogP contribution in [0.2, 0.25) is 0 Å². The van der Waals surface area contributed by atoms with E-state index in [0.717, 1.165) is 5.69 Å². The number of carbonyl (C=O) groups is 1. The number of hydrogen-bond donors (Lipinski definition) is 1. The van der Waals surface area contributed by atoms with Crippen molar-refractivity contribution in [1.82, 2.24) is 0 Å². The molecule has 1 fully saturated rings. The molecule has 1 saturated heterocycles. The maximum Gasteiger partial charge on any atom is 0.436 e. The van der Waals surface area contributed by atoms with Crippen molar-refractivity contribution in [1.29, 1.82) is 0 Å². The summed E-state index contributed by atoms with van der Waals surface area (Å²) in [6.45, 7) is 2.06. The zero-order chi connectivity index (χ0) is 13.7. The second kappa shape index (κ2) is 6.58. The van der Waals surface area contributed by atoms with Crippen LogP contribution >= 0.6 is 11.8 Å². The number of benzene rings is 1. The fourth-order valence-electron chi connectivity index (χ4n) is 1.84. The molecule has 1 amide bonds. The average molecular weight is 280 g/mol. The maximum absolute atomic E-state index is 11.5. The molecule has 19 heavy (non-hydrogen) atoms. The lowest BCUT2D eigenvalue weighted by Gasteiger charge is -2.24. The molecule has 0 radical (unpaired) electrons. The van der Waals surface area contributed by atoms with Crippen LogP contribution in [0, 0.1) is 0 Å². The van der Waals surface area contributed by atoms with Crippen molar-refractivity contribution in [3.63, 3.8) is 0 Å². The largest absolute Gasteiger partial charge is 0.448 e. The molecule has 0 bridgehead atoms. The molecule has 0 saturated carbocycles.